The molecule has 2 heterocycles. The van der Waals surface area contributed by atoms with Gasteiger partial charge in [0.05, 0.1) is 0 Å². The van der Waals surface area contributed by atoms with E-state index in [1.165, 1.54) is 0 Å². The van der Waals surface area contributed by atoms with E-state index in [0.29, 0.717) is 11.7 Å². The monoisotopic (exact) mass is 250 g/mol. The summed E-state index contributed by atoms with van der Waals surface area (Å²) < 4.78 is 0. The predicted molar refractivity (Wildman–Crippen MR) is 70.5 cm³/mol. The van der Waals surface area contributed by atoms with Gasteiger partial charge in [0.25, 0.3) is 5.91 Å². The predicted octanol–water partition coefficient (Wildman–Crippen LogP) is 1.32. The van der Waals surface area contributed by atoms with Gasteiger partial charge in [-0.25, -0.2) is 0 Å². The second-order valence-electron chi connectivity index (χ2n) is 4.93. The van der Waals surface area contributed by atoms with E-state index in [0.717, 1.165) is 44.6 Å². The highest BCUT2D eigenvalue weighted by atomic mass is 16.2. The largest absolute Gasteiger partial charge is 0.333 e. The molecule has 5 heteroatoms. The quantitative estimate of drug-likeness (QED) is 0.847. The van der Waals surface area contributed by atoms with Crippen LogP contribution in [-0.4, -0.2) is 46.7 Å². The fraction of sp³-hybridized carbons (Fsp3) is 0.692. The van der Waals surface area contributed by atoms with Gasteiger partial charge in [-0.1, -0.05) is 6.92 Å². The summed E-state index contributed by atoms with van der Waals surface area (Å²) in [5.41, 5.74) is 1.46. The Bertz CT molecular complexity index is 395. The van der Waals surface area contributed by atoms with Gasteiger partial charge in [-0.3, -0.25) is 9.89 Å². The van der Waals surface area contributed by atoms with Crippen LogP contribution in [0.25, 0.3) is 0 Å². The van der Waals surface area contributed by atoms with Gasteiger partial charge in [-0.15, -0.1) is 0 Å². The Kier molecular flexibility index (Phi) is 4.36. The van der Waals surface area contributed by atoms with Crippen molar-refractivity contribution in [2.24, 2.45) is 0 Å². The molecular weight excluding hydrogens is 228 g/mol. The Labute approximate surface area is 108 Å². The molecule has 100 valence electrons. The lowest BCUT2D eigenvalue weighted by Gasteiger charge is -2.34. The zero-order valence-electron chi connectivity index (χ0n) is 11.2. The van der Waals surface area contributed by atoms with E-state index in [-0.39, 0.29) is 5.91 Å². The number of aryl methyl sites for hydroxylation is 1. The maximum atomic E-state index is 12.5. The molecule has 0 aromatic carbocycles. The third kappa shape index (κ3) is 2.90. The van der Waals surface area contributed by atoms with Crippen molar-refractivity contribution in [1.82, 2.24) is 20.4 Å². The molecule has 0 spiro atoms. The molecule has 0 saturated carbocycles. The molecule has 1 atom stereocenters. The standard InChI is InChI=1S/C13H22N4O/c1-3-7-17(11-5-4-6-14-9-11)13(18)12-8-10(2)15-16-12/h8,11,14H,3-7,9H2,1-2H3,(H,15,16). The normalized spacial score (nSPS) is 19.8. The first kappa shape index (κ1) is 13.1. The first-order valence-corrected chi connectivity index (χ1v) is 6.76. The number of aromatic amines is 1. The minimum atomic E-state index is 0.0508. The number of H-pyrrole nitrogens is 1. The second-order valence-corrected chi connectivity index (χ2v) is 4.93. The lowest BCUT2D eigenvalue weighted by molar-refractivity contribution is 0.0643. The van der Waals surface area contributed by atoms with Crippen LogP contribution in [-0.2, 0) is 0 Å². The molecule has 5 nitrogen and oxygen atoms in total. The Morgan fingerprint density at radius 2 is 2.44 bits per heavy atom. The minimum absolute atomic E-state index is 0.0508. The summed E-state index contributed by atoms with van der Waals surface area (Å²) in [7, 11) is 0. The topological polar surface area (TPSA) is 61.0 Å². The molecule has 2 N–H and O–H groups in total. The van der Waals surface area contributed by atoms with Gasteiger partial charge in [0.2, 0.25) is 0 Å². The maximum Gasteiger partial charge on any atom is 0.274 e. The maximum absolute atomic E-state index is 12.5. The highest BCUT2D eigenvalue weighted by molar-refractivity contribution is 5.92. The second kappa shape index (κ2) is 6.00. The molecular formula is C13H22N4O. The first-order valence-electron chi connectivity index (χ1n) is 6.76. The van der Waals surface area contributed by atoms with Crippen molar-refractivity contribution in [1.29, 1.82) is 0 Å². The molecule has 1 aliphatic heterocycles. The Hall–Kier alpha value is -1.36. The van der Waals surface area contributed by atoms with Crippen LogP contribution in [0.15, 0.2) is 6.07 Å². The molecule has 1 unspecified atom stereocenters. The van der Waals surface area contributed by atoms with E-state index >= 15 is 0 Å². The number of hydrogen-bond donors (Lipinski definition) is 2. The van der Waals surface area contributed by atoms with Crippen LogP contribution in [0.3, 0.4) is 0 Å². The number of rotatable bonds is 4. The number of nitrogens with one attached hydrogen (secondary N) is 2. The number of aromatic nitrogens is 2. The van der Waals surface area contributed by atoms with E-state index in [1.54, 1.807) is 0 Å². The van der Waals surface area contributed by atoms with Crippen LogP contribution in [0.4, 0.5) is 0 Å². The molecule has 0 aliphatic carbocycles. The average Bonchev–Trinajstić information content (AvgIpc) is 2.83. The van der Waals surface area contributed by atoms with Crippen molar-refractivity contribution in [3.8, 4) is 0 Å². The van der Waals surface area contributed by atoms with E-state index in [2.05, 4.69) is 22.4 Å². The molecule has 1 aromatic heterocycles. The van der Waals surface area contributed by atoms with Crippen LogP contribution in [0.1, 0.15) is 42.4 Å². The summed E-state index contributed by atoms with van der Waals surface area (Å²) in [6, 6.07) is 2.13. The van der Waals surface area contributed by atoms with Crippen molar-refractivity contribution in [2.45, 2.75) is 39.2 Å². The lowest BCUT2D eigenvalue weighted by atomic mass is 10.0. The lowest BCUT2D eigenvalue weighted by Crippen LogP contribution is -2.49. The molecule has 1 amide bonds. The van der Waals surface area contributed by atoms with Gasteiger partial charge in [0, 0.05) is 24.8 Å². The Balaban J connectivity index is 2.10. The smallest absolute Gasteiger partial charge is 0.274 e. The van der Waals surface area contributed by atoms with Gasteiger partial charge >= 0.3 is 0 Å². The Morgan fingerprint density at radius 3 is 3.00 bits per heavy atom. The molecule has 1 aromatic rings. The minimum Gasteiger partial charge on any atom is -0.333 e. The van der Waals surface area contributed by atoms with Crippen molar-refractivity contribution < 1.29 is 4.79 Å². The third-order valence-electron chi connectivity index (χ3n) is 3.36. The molecule has 2 rings (SSSR count). The summed E-state index contributed by atoms with van der Waals surface area (Å²) in [6.07, 6.45) is 3.20. The third-order valence-corrected chi connectivity index (χ3v) is 3.36. The molecule has 0 radical (unpaired) electrons. The summed E-state index contributed by atoms with van der Waals surface area (Å²) in [4.78, 5) is 14.4. The van der Waals surface area contributed by atoms with Crippen molar-refractivity contribution in [3.05, 3.63) is 17.5 Å². The summed E-state index contributed by atoms with van der Waals surface area (Å²) in [6.45, 7) is 6.78. The van der Waals surface area contributed by atoms with E-state index < -0.39 is 0 Å². The fourth-order valence-corrected chi connectivity index (χ4v) is 2.47. The van der Waals surface area contributed by atoms with Crippen LogP contribution in [0, 0.1) is 6.92 Å². The Morgan fingerprint density at radius 1 is 1.61 bits per heavy atom. The van der Waals surface area contributed by atoms with Crippen molar-refractivity contribution >= 4 is 5.91 Å². The number of nitrogens with zero attached hydrogens (tertiary/aromatic N) is 2. The van der Waals surface area contributed by atoms with Gasteiger partial charge < -0.3 is 10.2 Å². The van der Waals surface area contributed by atoms with E-state index in [9.17, 15) is 4.79 Å². The zero-order valence-corrected chi connectivity index (χ0v) is 11.2. The SMILES string of the molecule is CCCN(C(=O)c1cc(C)[nH]n1)C1CCCNC1. The van der Waals surface area contributed by atoms with Gasteiger partial charge in [0.1, 0.15) is 5.69 Å². The first-order chi connectivity index (χ1) is 8.72. The molecule has 1 aliphatic rings. The molecule has 18 heavy (non-hydrogen) atoms. The van der Waals surface area contributed by atoms with Gasteiger partial charge in [-0.05, 0) is 38.8 Å². The van der Waals surface area contributed by atoms with Gasteiger partial charge in [0.15, 0.2) is 0 Å². The fourth-order valence-electron chi connectivity index (χ4n) is 2.47. The number of carbonyl (C=O) groups excluding carboxylic acids is 1. The van der Waals surface area contributed by atoms with Gasteiger partial charge in [-0.2, -0.15) is 5.10 Å². The van der Waals surface area contributed by atoms with Crippen LogP contribution < -0.4 is 5.32 Å². The highest BCUT2D eigenvalue weighted by Gasteiger charge is 2.26. The summed E-state index contributed by atoms with van der Waals surface area (Å²) in [5, 5.41) is 10.3. The number of amides is 1. The van der Waals surface area contributed by atoms with E-state index in [1.807, 2.05) is 17.9 Å². The van der Waals surface area contributed by atoms with Crippen LogP contribution in [0.2, 0.25) is 0 Å². The summed E-state index contributed by atoms with van der Waals surface area (Å²) in [5.74, 6) is 0.0508. The van der Waals surface area contributed by atoms with Crippen LogP contribution >= 0.6 is 0 Å². The highest BCUT2D eigenvalue weighted by Crippen LogP contribution is 2.14. The number of carbonyl (C=O) groups is 1. The van der Waals surface area contributed by atoms with Crippen molar-refractivity contribution in [3.63, 3.8) is 0 Å². The van der Waals surface area contributed by atoms with E-state index in [4.69, 9.17) is 0 Å². The van der Waals surface area contributed by atoms with Crippen molar-refractivity contribution in [2.75, 3.05) is 19.6 Å². The molecule has 1 fully saturated rings. The molecule has 0 bridgehead atoms. The number of hydrogen-bond acceptors (Lipinski definition) is 3. The van der Waals surface area contributed by atoms with Crippen LogP contribution in [0.5, 0.6) is 0 Å². The molecule has 1 saturated heterocycles. The average molecular weight is 250 g/mol. The number of piperidine rings is 1. The summed E-state index contributed by atoms with van der Waals surface area (Å²) >= 11 is 0. The zero-order chi connectivity index (χ0) is 13.0.